The highest BCUT2D eigenvalue weighted by Crippen LogP contribution is 2.33. The van der Waals surface area contributed by atoms with Crippen molar-refractivity contribution in [3.63, 3.8) is 0 Å². The quantitative estimate of drug-likeness (QED) is 0.644. The van der Waals surface area contributed by atoms with Gasteiger partial charge in [0.15, 0.2) is 5.79 Å². The minimum absolute atomic E-state index is 0.200. The van der Waals surface area contributed by atoms with Gasteiger partial charge in [0.1, 0.15) is 17.2 Å². The molecule has 1 amide bonds. The number of pyridine rings is 1. The molecular formula is C23H23FN2O5. The molecule has 1 spiro atoms. The topological polar surface area (TPSA) is 73.9 Å². The van der Waals surface area contributed by atoms with Gasteiger partial charge >= 0.3 is 0 Å². The molecule has 2 saturated heterocycles. The maximum absolute atomic E-state index is 13.5. The van der Waals surface area contributed by atoms with Crippen LogP contribution in [0.5, 0.6) is 0 Å². The summed E-state index contributed by atoms with van der Waals surface area (Å²) in [7, 11) is 0. The molecule has 0 unspecified atom stereocenters. The van der Waals surface area contributed by atoms with Crippen molar-refractivity contribution < 1.29 is 23.1 Å². The molecule has 162 valence electrons. The van der Waals surface area contributed by atoms with E-state index in [2.05, 4.69) is 0 Å². The molecule has 2 aliphatic heterocycles. The first-order valence-electron chi connectivity index (χ1n) is 10.4. The van der Waals surface area contributed by atoms with Crippen LogP contribution in [0.2, 0.25) is 0 Å². The summed E-state index contributed by atoms with van der Waals surface area (Å²) in [5.74, 6) is -0.763. The zero-order chi connectivity index (χ0) is 21.6. The lowest BCUT2D eigenvalue weighted by molar-refractivity contribution is -0.181. The van der Waals surface area contributed by atoms with E-state index in [-0.39, 0.29) is 34.8 Å². The molecule has 0 radical (unpaired) electrons. The number of carbonyl (C=O) groups is 1. The van der Waals surface area contributed by atoms with Crippen LogP contribution < -0.4 is 5.56 Å². The van der Waals surface area contributed by atoms with E-state index in [4.69, 9.17) is 13.9 Å². The van der Waals surface area contributed by atoms with E-state index >= 15 is 0 Å². The van der Waals surface area contributed by atoms with Crippen LogP contribution in [0.15, 0.2) is 45.7 Å². The highest BCUT2D eigenvalue weighted by atomic mass is 19.1. The Morgan fingerprint density at radius 2 is 1.90 bits per heavy atom. The summed E-state index contributed by atoms with van der Waals surface area (Å²) in [4.78, 5) is 28.3. The number of rotatable bonds is 3. The lowest BCUT2D eigenvalue weighted by atomic mass is 10.0. The van der Waals surface area contributed by atoms with E-state index in [0.717, 1.165) is 0 Å². The SMILES string of the molecule is Cc1oc2ccn(Cc3cccc(F)c3)c(=O)c2c1C(=O)N1CCC2(CC1)OCCO2. The lowest BCUT2D eigenvalue weighted by Gasteiger charge is -2.37. The zero-order valence-corrected chi connectivity index (χ0v) is 17.2. The fourth-order valence-electron chi connectivity index (χ4n) is 4.47. The Labute approximate surface area is 178 Å². The first kappa shape index (κ1) is 20.0. The second-order valence-corrected chi connectivity index (χ2v) is 8.05. The molecule has 0 N–H and O–H groups in total. The Morgan fingerprint density at radius 3 is 2.61 bits per heavy atom. The lowest BCUT2D eigenvalue weighted by Crippen LogP contribution is -2.47. The predicted octanol–water partition coefficient (Wildman–Crippen LogP) is 3.07. The van der Waals surface area contributed by atoms with E-state index in [1.807, 2.05) is 0 Å². The van der Waals surface area contributed by atoms with E-state index < -0.39 is 5.79 Å². The van der Waals surface area contributed by atoms with Crippen LogP contribution in [0.3, 0.4) is 0 Å². The van der Waals surface area contributed by atoms with Gasteiger partial charge in [-0.25, -0.2) is 4.39 Å². The third kappa shape index (κ3) is 3.55. The maximum Gasteiger partial charge on any atom is 0.262 e. The van der Waals surface area contributed by atoms with Gasteiger partial charge in [0, 0.05) is 32.1 Å². The third-order valence-corrected chi connectivity index (χ3v) is 6.07. The first-order valence-corrected chi connectivity index (χ1v) is 10.4. The number of furan rings is 1. The minimum atomic E-state index is -0.581. The van der Waals surface area contributed by atoms with Gasteiger partial charge in [-0.15, -0.1) is 0 Å². The van der Waals surface area contributed by atoms with E-state index in [1.165, 1.54) is 16.7 Å². The van der Waals surface area contributed by atoms with Crippen LogP contribution in [-0.2, 0) is 16.0 Å². The maximum atomic E-state index is 13.5. The van der Waals surface area contributed by atoms with Crippen molar-refractivity contribution in [3.8, 4) is 0 Å². The average molecular weight is 426 g/mol. The first-order chi connectivity index (χ1) is 15.0. The Bertz CT molecular complexity index is 1200. The Morgan fingerprint density at radius 1 is 1.16 bits per heavy atom. The van der Waals surface area contributed by atoms with Crippen LogP contribution in [0, 0.1) is 12.7 Å². The highest BCUT2D eigenvalue weighted by molar-refractivity contribution is 6.06. The number of hydrogen-bond acceptors (Lipinski definition) is 5. The molecule has 3 aromatic rings. The molecule has 0 saturated carbocycles. The number of aryl methyl sites for hydroxylation is 1. The normalized spacial score (nSPS) is 18.2. The summed E-state index contributed by atoms with van der Waals surface area (Å²) in [6.45, 7) is 4.00. The number of aromatic nitrogens is 1. The molecule has 31 heavy (non-hydrogen) atoms. The monoisotopic (exact) mass is 426 g/mol. The molecule has 0 atom stereocenters. The number of carbonyl (C=O) groups excluding carboxylic acids is 1. The van der Waals surface area contributed by atoms with Gasteiger partial charge in [0.05, 0.1) is 30.7 Å². The number of ether oxygens (including phenoxy) is 2. The Hall–Kier alpha value is -2.97. The summed E-state index contributed by atoms with van der Waals surface area (Å²) in [6, 6.07) is 7.77. The Balaban J connectivity index is 1.46. The van der Waals surface area contributed by atoms with Crippen molar-refractivity contribution in [1.29, 1.82) is 0 Å². The van der Waals surface area contributed by atoms with Gasteiger partial charge in [0.25, 0.3) is 11.5 Å². The molecule has 0 bridgehead atoms. The molecule has 2 fully saturated rings. The average Bonchev–Trinajstić information content (AvgIpc) is 3.34. The molecule has 7 nitrogen and oxygen atoms in total. The molecule has 4 heterocycles. The molecule has 2 aromatic heterocycles. The number of halogens is 1. The number of amides is 1. The van der Waals surface area contributed by atoms with Crippen molar-refractivity contribution in [2.24, 2.45) is 0 Å². The molecular weight excluding hydrogens is 403 g/mol. The summed E-state index contributed by atoms with van der Waals surface area (Å²) in [6.07, 6.45) is 2.79. The van der Waals surface area contributed by atoms with Crippen LogP contribution in [0.4, 0.5) is 4.39 Å². The van der Waals surface area contributed by atoms with Crippen molar-refractivity contribution in [1.82, 2.24) is 9.47 Å². The fourth-order valence-corrected chi connectivity index (χ4v) is 4.47. The number of piperidine rings is 1. The van der Waals surface area contributed by atoms with Crippen LogP contribution in [-0.4, -0.2) is 47.5 Å². The van der Waals surface area contributed by atoms with Gasteiger partial charge in [-0.2, -0.15) is 0 Å². The standard InChI is InChI=1S/C23H23FN2O5/c1-15-19(21(27)25-9-6-23(7-10-25)29-11-12-30-23)20-18(31-15)5-8-26(22(20)28)14-16-3-2-4-17(24)13-16/h2-5,8,13H,6-7,9-12,14H2,1H3. The minimum Gasteiger partial charge on any atom is -0.460 e. The molecule has 8 heteroatoms. The van der Waals surface area contributed by atoms with E-state index in [1.54, 1.807) is 36.2 Å². The van der Waals surface area contributed by atoms with Gasteiger partial charge in [0.2, 0.25) is 0 Å². The number of likely N-dealkylation sites (tertiary alicyclic amines) is 1. The number of fused-ring (bicyclic) bond motifs is 1. The second kappa shape index (κ2) is 7.62. The summed E-state index contributed by atoms with van der Waals surface area (Å²) in [5, 5.41) is 0.259. The van der Waals surface area contributed by atoms with E-state index in [9.17, 15) is 14.0 Å². The van der Waals surface area contributed by atoms with Gasteiger partial charge < -0.3 is 23.4 Å². The van der Waals surface area contributed by atoms with Gasteiger partial charge in [-0.3, -0.25) is 9.59 Å². The Kier molecular flexibility index (Phi) is 4.91. The van der Waals surface area contributed by atoms with Gasteiger partial charge in [-0.05, 0) is 30.7 Å². The molecule has 5 rings (SSSR count). The van der Waals surface area contributed by atoms with Gasteiger partial charge in [-0.1, -0.05) is 12.1 Å². The zero-order valence-electron chi connectivity index (χ0n) is 17.2. The van der Waals surface area contributed by atoms with Crippen molar-refractivity contribution in [2.75, 3.05) is 26.3 Å². The summed E-state index contributed by atoms with van der Waals surface area (Å²) < 4.78 is 32.2. The number of hydrogen-bond donors (Lipinski definition) is 0. The largest absolute Gasteiger partial charge is 0.460 e. The predicted molar refractivity (Wildman–Crippen MR) is 110 cm³/mol. The van der Waals surface area contributed by atoms with Crippen LogP contribution >= 0.6 is 0 Å². The summed E-state index contributed by atoms with van der Waals surface area (Å²) in [5.41, 5.74) is 0.986. The van der Waals surface area contributed by atoms with Crippen molar-refractivity contribution >= 4 is 16.9 Å². The summed E-state index contributed by atoms with van der Waals surface area (Å²) >= 11 is 0. The van der Waals surface area contributed by atoms with Crippen LogP contribution in [0.25, 0.3) is 11.0 Å². The molecule has 2 aliphatic rings. The third-order valence-electron chi connectivity index (χ3n) is 6.07. The van der Waals surface area contributed by atoms with E-state index in [0.29, 0.717) is 56.1 Å². The second-order valence-electron chi connectivity index (χ2n) is 8.05. The van der Waals surface area contributed by atoms with Crippen LogP contribution in [0.1, 0.15) is 34.5 Å². The molecule has 0 aliphatic carbocycles. The highest BCUT2D eigenvalue weighted by Gasteiger charge is 2.41. The smallest absolute Gasteiger partial charge is 0.262 e. The fraction of sp³-hybridized carbons (Fsp3) is 0.391. The van der Waals surface area contributed by atoms with Crippen molar-refractivity contribution in [2.45, 2.75) is 32.1 Å². The van der Waals surface area contributed by atoms with Crippen molar-refractivity contribution in [3.05, 3.63) is 69.6 Å². The number of benzene rings is 1. The molecule has 1 aromatic carbocycles. The number of nitrogens with zero attached hydrogens (tertiary/aromatic N) is 2.